The Morgan fingerprint density at radius 1 is 1.48 bits per heavy atom. The average Bonchev–Trinajstić information content (AvgIpc) is 3.15. The molecule has 0 saturated carbocycles. The van der Waals surface area contributed by atoms with E-state index in [1.165, 1.54) is 0 Å². The fraction of sp³-hybridized carbons (Fsp3) is 0.588. The van der Waals surface area contributed by atoms with Crippen molar-refractivity contribution in [2.45, 2.75) is 39.0 Å². The monoisotopic (exact) mass is 348 g/mol. The van der Waals surface area contributed by atoms with Gasteiger partial charge in [0.1, 0.15) is 6.54 Å². The maximum atomic E-state index is 12.8. The Labute approximate surface area is 146 Å². The minimum Gasteiger partial charge on any atom is -0.382 e. The number of aromatic nitrogens is 3. The predicted octanol–water partition coefficient (Wildman–Crippen LogP) is 1.49. The topological polar surface area (TPSA) is 82.6 Å². The molecule has 1 aliphatic rings. The highest BCUT2D eigenvalue weighted by atomic mass is 16.5. The van der Waals surface area contributed by atoms with Gasteiger partial charge in [-0.3, -0.25) is 9.48 Å². The summed E-state index contributed by atoms with van der Waals surface area (Å²) in [6.45, 7) is 7.73. The van der Waals surface area contributed by atoms with Crippen LogP contribution in [0.1, 0.15) is 35.7 Å². The highest BCUT2D eigenvalue weighted by Gasteiger charge is 2.36. The molecule has 0 radical (unpaired) electrons. The van der Waals surface area contributed by atoms with Gasteiger partial charge in [0.15, 0.2) is 11.5 Å². The Balaban J connectivity index is 1.69. The Bertz CT molecular complexity index is 737. The van der Waals surface area contributed by atoms with E-state index in [2.05, 4.69) is 10.3 Å². The van der Waals surface area contributed by atoms with E-state index in [1.807, 2.05) is 27.0 Å². The molecule has 1 atom stereocenters. The Hall–Kier alpha value is -2.19. The molecule has 0 spiro atoms. The largest absolute Gasteiger partial charge is 0.382 e. The molecule has 2 aromatic rings. The summed E-state index contributed by atoms with van der Waals surface area (Å²) in [5.41, 5.74) is 0.930. The van der Waals surface area contributed by atoms with Crippen molar-refractivity contribution in [1.82, 2.24) is 19.8 Å². The number of nitrogens with zero attached hydrogens (tertiary/aromatic N) is 4. The number of morpholine rings is 1. The Morgan fingerprint density at radius 2 is 2.28 bits per heavy atom. The van der Waals surface area contributed by atoms with Crippen LogP contribution in [0.4, 0.5) is 0 Å². The van der Waals surface area contributed by atoms with Crippen LogP contribution in [0.2, 0.25) is 0 Å². The smallest absolute Gasteiger partial charge is 0.276 e. The lowest BCUT2D eigenvalue weighted by Gasteiger charge is -2.42. The second-order valence-electron chi connectivity index (χ2n) is 7.03. The molecule has 0 aromatic carbocycles. The van der Waals surface area contributed by atoms with Crippen molar-refractivity contribution in [3.05, 3.63) is 35.5 Å². The van der Waals surface area contributed by atoms with E-state index >= 15 is 0 Å². The van der Waals surface area contributed by atoms with Crippen LogP contribution in [0.5, 0.6) is 0 Å². The maximum absolute atomic E-state index is 12.8. The van der Waals surface area contributed by atoms with Crippen LogP contribution in [0.15, 0.2) is 23.0 Å². The van der Waals surface area contributed by atoms with Crippen LogP contribution in [0, 0.1) is 6.92 Å². The van der Waals surface area contributed by atoms with Crippen LogP contribution in [-0.2, 0) is 16.0 Å². The third kappa shape index (κ3) is 4.26. The Morgan fingerprint density at radius 3 is 2.96 bits per heavy atom. The zero-order valence-corrected chi connectivity index (χ0v) is 15.1. The number of amides is 1. The number of methoxy groups -OCH3 is 1. The summed E-state index contributed by atoms with van der Waals surface area (Å²) in [6, 6.07) is 1.67. The molecule has 0 bridgehead atoms. The molecule has 1 unspecified atom stereocenters. The first-order valence-electron chi connectivity index (χ1n) is 8.27. The number of hydrogen-bond acceptors (Lipinski definition) is 6. The maximum Gasteiger partial charge on any atom is 0.276 e. The van der Waals surface area contributed by atoms with Crippen LogP contribution < -0.4 is 0 Å². The van der Waals surface area contributed by atoms with Gasteiger partial charge in [0.25, 0.3) is 5.91 Å². The molecule has 1 amide bonds. The molecular formula is C17H24N4O4. The quantitative estimate of drug-likeness (QED) is 0.814. The summed E-state index contributed by atoms with van der Waals surface area (Å²) in [4.78, 5) is 14.5. The van der Waals surface area contributed by atoms with E-state index in [9.17, 15) is 4.79 Å². The van der Waals surface area contributed by atoms with Crippen molar-refractivity contribution in [3.8, 4) is 0 Å². The Kier molecular flexibility index (Phi) is 4.91. The van der Waals surface area contributed by atoms with Crippen molar-refractivity contribution in [3.63, 3.8) is 0 Å². The van der Waals surface area contributed by atoms with Crippen LogP contribution >= 0.6 is 0 Å². The number of carbonyl (C=O) groups excluding carboxylic acids is 1. The molecule has 0 N–H and O–H groups in total. The number of rotatable bonds is 5. The third-order valence-corrected chi connectivity index (χ3v) is 3.98. The van der Waals surface area contributed by atoms with Gasteiger partial charge in [-0.25, -0.2) is 0 Å². The average molecular weight is 348 g/mol. The SMILES string of the molecule is COCC1CN(C(=O)c2cc(Cn3cc(C)cn3)on2)CC(C)(C)O1. The third-order valence-electron chi connectivity index (χ3n) is 3.98. The molecule has 3 rings (SSSR count). The van der Waals surface area contributed by atoms with Gasteiger partial charge in [-0.05, 0) is 26.3 Å². The highest BCUT2D eigenvalue weighted by molar-refractivity contribution is 5.92. The minimum atomic E-state index is -0.434. The summed E-state index contributed by atoms with van der Waals surface area (Å²) in [5, 5.41) is 8.14. The summed E-state index contributed by atoms with van der Waals surface area (Å²) in [5.74, 6) is 0.427. The molecule has 2 aromatic heterocycles. The standard InChI is InChI=1S/C17H24N4O4/c1-12-6-18-21(7-12)9-13-5-15(19-25-13)16(22)20-8-14(10-23-4)24-17(2,3)11-20/h5-7,14H,8-11H2,1-4H3. The van der Waals surface area contributed by atoms with E-state index in [4.69, 9.17) is 14.0 Å². The fourth-order valence-corrected chi connectivity index (χ4v) is 3.09. The van der Waals surface area contributed by atoms with E-state index in [1.54, 1.807) is 29.0 Å². The van der Waals surface area contributed by atoms with Gasteiger partial charge in [0.05, 0.1) is 24.5 Å². The van der Waals surface area contributed by atoms with E-state index < -0.39 is 5.60 Å². The second-order valence-corrected chi connectivity index (χ2v) is 7.03. The number of ether oxygens (including phenoxy) is 2. The van der Waals surface area contributed by atoms with Crippen LogP contribution in [-0.4, -0.2) is 64.3 Å². The van der Waals surface area contributed by atoms with Gasteiger partial charge in [-0.2, -0.15) is 5.10 Å². The van der Waals surface area contributed by atoms with E-state index in [-0.39, 0.29) is 12.0 Å². The second kappa shape index (κ2) is 6.97. The number of carbonyl (C=O) groups is 1. The lowest BCUT2D eigenvalue weighted by Crippen LogP contribution is -2.55. The molecule has 8 nitrogen and oxygen atoms in total. The van der Waals surface area contributed by atoms with Crippen molar-refractivity contribution < 1.29 is 18.8 Å². The van der Waals surface area contributed by atoms with Crippen molar-refractivity contribution in [2.24, 2.45) is 0 Å². The molecule has 1 saturated heterocycles. The van der Waals surface area contributed by atoms with Crippen molar-refractivity contribution in [1.29, 1.82) is 0 Å². The lowest BCUT2D eigenvalue weighted by molar-refractivity contribution is -0.143. The summed E-state index contributed by atoms with van der Waals surface area (Å²) in [7, 11) is 1.62. The first kappa shape index (κ1) is 17.6. The minimum absolute atomic E-state index is 0.156. The molecule has 0 aliphatic carbocycles. The van der Waals surface area contributed by atoms with Gasteiger partial charge in [-0.1, -0.05) is 5.16 Å². The molecule has 1 aliphatic heterocycles. The number of aryl methyl sites for hydroxylation is 1. The zero-order chi connectivity index (χ0) is 18.0. The van der Waals surface area contributed by atoms with E-state index in [0.29, 0.717) is 37.7 Å². The van der Waals surface area contributed by atoms with Gasteiger partial charge in [-0.15, -0.1) is 0 Å². The van der Waals surface area contributed by atoms with Gasteiger partial charge >= 0.3 is 0 Å². The van der Waals surface area contributed by atoms with Crippen LogP contribution in [0.25, 0.3) is 0 Å². The number of hydrogen-bond donors (Lipinski definition) is 0. The molecule has 1 fully saturated rings. The summed E-state index contributed by atoms with van der Waals surface area (Å²) < 4.78 is 18.2. The molecular weight excluding hydrogens is 324 g/mol. The molecule has 3 heterocycles. The predicted molar refractivity (Wildman–Crippen MR) is 89.3 cm³/mol. The molecule has 136 valence electrons. The first-order valence-corrected chi connectivity index (χ1v) is 8.27. The van der Waals surface area contributed by atoms with Crippen molar-refractivity contribution >= 4 is 5.91 Å². The lowest BCUT2D eigenvalue weighted by atomic mass is 10.0. The normalized spacial score (nSPS) is 20.0. The molecule has 8 heteroatoms. The van der Waals surface area contributed by atoms with E-state index in [0.717, 1.165) is 5.56 Å². The van der Waals surface area contributed by atoms with Gasteiger partial charge in [0.2, 0.25) is 0 Å². The fourth-order valence-electron chi connectivity index (χ4n) is 3.09. The zero-order valence-electron chi connectivity index (χ0n) is 15.1. The summed E-state index contributed by atoms with van der Waals surface area (Å²) >= 11 is 0. The molecule has 25 heavy (non-hydrogen) atoms. The van der Waals surface area contributed by atoms with Gasteiger partial charge < -0.3 is 18.9 Å². The highest BCUT2D eigenvalue weighted by Crippen LogP contribution is 2.23. The van der Waals surface area contributed by atoms with Crippen LogP contribution in [0.3, 0.4) is 0 Å². The van der Waals surface area contributed by atoms with Crippen molar-refractivity contribution in [2.75, 3.05) is 26.8 Å². The first-order chi connectivity index (χ1) is 11.9. The summed E-state index contributed by atoms with van der Waals surface area (Å²) in [6.07, 6.45) is 3.52. The van der Waals surface area contributed by atoms with Gasteiger partial charge in [0, 0.05) is 32.5 Å².